The Bertz CT molecular complexity index is 594. The van der Waals surface area contributed by atoms with E-state index in [1.54, 1.807) is 0 Å². The van der Waals surface area contributed by atoms with Crippen molar-refractivity contribution in [1.29, 1.82) is 0 Å². The molecule has 0 radical (unpaired) electrons. The highest BCUT2D eigenvalue weighted by atomic mass is 16.1. The number of rotatable bonds is 5. The Morgan fingerprint density at radius 2 is 1.35 bits per heavy atom. The number of carbonyl (C=O) groups excluding carboxylic acids is 1. The second-order valence-corrected chi connectivity index (χ2v) is 5.07. The van der Waals surface area contributed by atoms with Gasteiger partial charge in [0.1, 0.15) is 0 Å². The third-order valence-electron chi connectivity index (χ3n) is 3.85. The highest BCUT2D eigenvalue weighted by Gasteiger charge is 2.10. The molecule has 0 atom stereocenters. The van der Waals surface area contributed by atoms with Crippen molar-refractivity contribution in [2.24, 2.45) is 0 Å². The molecule has 0 bridgehead atoms. The Kier molecular flexibility index (Phi) is 4.73. The SMILES string of the molecule is CCc1ccc(C(=O)c2ccc(CC)c(CC)c2)cc1. The summed E-state index contributed by atoms with van der Waals surface area (Å²) in [4.78, 5) is 12.5. The Morgan fingerprint density at radius 3 is 1.90 bits per heavy atom. The van der Waals surface area contributed by atoms with Gasteiger partial charge in [0.2, 0.25) is 0 Å². The van der Waals surface area contributed by atoms with Crippen molar-refractivity contribution in [3.05, 3.63) is 70.3 Å². The minimum atomic E-state index is 0.116. The molecule has 0 saturated heterocycles. The lowest BCUT2D eigenvalue weighted by atomic mass is 9.95. The van der Waals surface area contributed by atoms with Crippen LogP contribution in [0.3, 0.4) is 0 Å². The average molecular weight is 266 g/mol. The molecule has 0 unspecified atom stereocenters. The standard InChI is InChI=1S/C19H22O/c1-4-14-7-9-17(10-8-14)19(20)18-12-11-15(5-2)16(6-3)13-18/h7-13H,4-6H2,1-3H3. The predicted molar refractivity (Wildman–Crippen MR) is 84.5 cm³/mol. The normalized spacial score (nSPS) is 10.6. The number of carbonyl (C=O) groups is 1. The van der Waals surface area contributed by atoms with Gasteiger partial charge in [-0.1, -0.05) is 57.2 Å². The molecule has 0 aliphatic carbocycles. The second kappa shape index (κ2) is 6.51. The summed E-state index contributed by atoms with van der Waals surface area (Å²) >= 11 is 0. The highest BCUT2D eigenvalue weighted by Crippen LogP contribution is 2.17. The van der Waals surface area contributed by atoms with E-state index in [0.29, 0.717) is 0 Å². The van der Waals surface area contributed by atoms with Gasteiger partial charge in [-0.2, -0.15) is 0 Å². The molecule has 0 saturated carbocycles. The largest absolute Gasteiger partial charge is 0.289 e. The van der Waals surface area contributed by atoms with Gasteiger partial charge in [-0.05, 0) is 42.0 Å². The average Bonchev–Trinajstić information content (AvgIpc) is 2.53. The molecule has 2 rings (SSSR count). The van der Waals surface area contributed by atoms with Gasteiger partial charge in [0.25, 0.3) is 0 Å². The number of hydrogen-bond acceptors (Lipinski definition) is 1. The molecule has 2 aromatic rings. The van der Waals surface area contributed by atoms with E-state index in [1.165, 1.54) is 16.7 Å². The predicted octanol–water partition coefficient (Wildman–Crippen LogP) is 4.60. The first-order valence-corrected chi connectivity index (χ1v) is 7.45. The van der Waals surface area contributed by atoms with E-state index >= 15 is 0 Å². The van der Waals surface area contributed by atoms with Crippen molar-refractivity contribution in [3.8, 4) is 0 Å². The van der Waals surface area contributed by atoms with Crippen molar-refractivity contribution in [3.63, 3.8) is 0 Å². The molecule has 0 spiro atoms. The fourth-order valence-electron chi connectivity index (χ4n) is 2.50. The van der Waals surface area contributed by atoms with Gasteiger partial charge < -0.3 is 0 Å². The topological polar surface area (TPSA) is 17.1 Å². The summed E-state index contributed by atoms with van der Waals surface area (Å²) in [7, 11) is 0. The van der Waals surface area contributed by atoms with E-state index in [1.807, 2.05) is 30.3 Å². The maximum Gasteiger partial charge on any atom is 0.193 e. The van der Waals surface area contributed by atoms with Gasteiger partial charge in [-0.3, -0.25) is 4.79 Å². The summed E-state index contributed by atoms with van der Waals surface area (Å²) in [5, 5.41) is 0. The lowest BCUT2D eigenvalue weighted by molar-refractivity contribution is 0.103. The van der Waals surface area contributed by atoms with E-state index in [2.05, 4.69) is 32.9 Å². The molecule has 2 aromatic carbocycles. The molecule has 0 aliphatic heterocycles. The van der Waals surface area contributed by atoms with Crippen molar-refractivity contribution < 1.29 is 4.79 Å². The van der Waals surface area contributed by atoms with Crippen LogP contribution in [0.25, 0.3) is 0 Å². The Morgan fingerprint density at radius 1 is 0.750 bits per heavy atom. The van der Waals surface area contributed by atoms with Crippen LogP contribution in [-0.2, 0) is 19.3 Å². The minimum absolute atomic E-state index is 0.116. The summed E-state index contributed by atoms with van der Waals surface area (Å²) in [5.74, 6) is 0.116. The summed E-state index contributed by atoms with van der Waals surface area (Å²) in [6.45, 7) is 6.41. The van der Waals surface area contributed by atoms with Crippen LogP contribution in [0.4, 0.5) is 0 Å². The molecule has 1 nitrogen and oxygen atoms in total. The van der Waals surface area contributed by atoms with Crippen LogP contribution < -0.4 is 0 Å². The van der Waals surface area contributed by atoms with Gasteiger partial charge in [0, 0.05) is 11.1 Å². The van der Waals surface area contributed by atoms with E-state index in [0.717, 1.165) is 30.4 Å². The van der Waals surface area contributed by atoms with Crippen LogP contribution in [0.5, 0.6) is 0 Å². The van der Waals surface area contributed by atoms with E-state index < -0.39 is 0 Å². The third-order valence-corrected chi connectivity index (χ3v) is 3.85. The first-order chi connectivity index (χ1) is 9.69. The molecule has 0 amide bonds. The van der Waals surface area contributed by atoms with E-state index in [9.17, 15) is 4.79 Å². The molecule has 104 valence electrons. The molecule has 1 heteroatoms. The van der Waals surface area contributed by atoms with Gasteiger partial charge in [-0.15, -0.1) is 0 Å². The van der Waals surface area contributed by atoms with Crippen molar-refractivity contribution >= 4 is 5.78 Å². The van der Waals surface area contributed by atoms with Crippen LogP contribution in [0.1, 0.15) is 53.4 Å². The number of ketones is 1. The molecule has 20 heavy (non-hydrogen) atoms. The third kappa shape index (κ3) is 2.98. The monoisotopic (exact) mass is 266 g/mol. The van der Waals surface area contributed by atoms with Gasteiger partial charge >= 0.3 is 0 Å². The molecule has 0 aromatic heterocycles. The molecule has 0 N–H and O–H groups in total. The minimum Gasteiger partial charge on any atom is -0.289 e. The summed E-state index contributed by atoms with van der Waals surface area (Å²) in [5.41, 5.74) is 5.45. The van der Waals surface area contributed by atoms with Crippen molar-refractivity contribution in [2.75, 3.05) is 0 Å². The number of benzene rings is 2. The summed E-state index contributed by atoms with van der Waals surface area (Å²) in [6.07, 6.45) is 2.99. The van der Waals surface area contributed by atoms with E-state index in [-0.39, 0.29) is 5.78 Å². The zero-order valence-electron chi connectivity index (χ0n) is 12.6. The molecule has 0 fully saturated rings. The van der Waals surface area contributed by atoms with Gasteiger partial charge in [0.15, 0.2) is 5.78 Å². The maximum absolute atomic E-state index is 12.5. The van der Waals surface area contributed by atoms with Crippen molar-refractivity contribution in [1.82, 2.24) is 0 Å². The zero-order chi connectivity index (χ0) is 14.5. The number of hydrogen-bond donors (Lipinski definition) is 0. The molecular formula is C19H22O. The Labute approximate surface area is 121 Å². The van der Waals surface area contributed by atoms with Crippen LogP contribution in [0.2, 0.25) is 0 Å². The lowest BCUT2D eigenvalue weighted by Crippen LogP contribution is -2.03. The van der Waals surface area contributed by atoms with E-state index in [4.69, 9.17) is 0 Å². The first-order valence-electron chi connectivity index (χ1n) is 7.45. The Hall–Kier alpha value is -1.89. The first kappa shape index (κ1) is 14.5. The van der Waals surface area contributed by atoms with Gasteiger partial charge in [-0.25, -0.2) is 0 Å². The maximum atomic E-state index is 12.5. The van der Waals surface area contributed by atoms with Crippen LogP contribution in [0.15, 0.2) is 42.5 Å². The smallest absolute Gasteiger partial charge is 0.193 e. The molecular weight excluding hydrogens is 244 g/mol. The highest BCUT2D eigenvalue weighted by molar-refractivity contribution is 6.09. The molecule has 0 aliphatic rings. The lowest BCUT2D eigenvalue weighted by Gasteiger charge is -2.09. The molecule has 0 heterocycles. The summed E-state index contributed by atoms with van der Waals surface area (Å²) < 4.78 is 0. The fourth-order valence-corrected chi connectivity index (χ4v) is 2.50. The van der Waals surface area contributed by atoms with Crippen LogP contribution >= 0.6 is 0 Å². The fraction of sp³-hybridized carbons (Fsp3) is 0.316. The van der Waals surface area contributed by atoms with Gasteiger partial charge in [0.05, 0.1) is 0 Å². The second-order valence-electron chi connectivity index (χ2n) is 5.07. The Balaban J connectivity index is 2.32. The van der Waals surface area contributed by atoms with Crippen molar-refractivity contribution in [2.45, 2.75) is 40.0 Å². The van der Waals surface area contributed by atoms with Crippen LogP contribution in [0, 0.1) is 0 Å². The quantitative estimate of drug-likeness (QED) is 0.723. The van der Waals surface area contributed by atoms with Crippen LogP contribution in [-0.4, -0.2) is 5.78 Å². The number of aryl methyl sites for hydroxylation is 3. The zero-order valence-corrected chi connectivity index (χ0v) is 12.6. The summed E-state index contributed by atoms with van der Waals surface area (Å²) in [6, 6.07) is 14.0.